The molecule has 0 aliphatic carbocycles. The highest BCUT2D eigenvalue weighted by atomic mass is 127. The molecule has 0 aromatic heterocycles. The number of benzene rings is 2. The first-order valence-corrected chi connectivity index (χ1v) is 9.98. The quantitative estimate of drug-likeness (QED) is 0.386. The zero-order valence-electron chi connectivity index (χ0n) is 15.5. The maximum absolute atomic E-state index is 11.5. The van der Waals surface area contributed by atoms with Crippen LogP contribution in [0.1, 0.15) is 22.3 Å². The molecule has 0 bridgehead atoms. The highest BCUT2D eigenvalue weighted by Crippen LogP contribution is 2.11. The van der Waals surface area contributed by atoms with E-state index < -0.39 is 9.84 Å². The Labute approximate surface area is 173 Å². The molecular formula is C19H26IN3O2S. The molecule has 5 nitrogen and oxygen atoms in total. The molecule has 0 unspecified atom stereocenters. The van der Waals surface area contributed by atoms with Gasteiger partial charge >= 0.3 is 0 Å². The first kappa shape index (κ1) is 22.4. The summed E-state index contributed by atoms with van der Waals surface area (Å²) in [5.41, 5.74) is 4.72. The number of sulfone groups is 1. The number of nitrogens with zero attached hydrogens (tertiary/aromatic N) is 1. The van der Waals surface area contributed by atoms with Gasteiger partial charge in [-0.25, -0.2) is 8.42 Å². The van der Waals surface area contributed by atoms with Crippen LogP contribution in [0.15, 0.2) is 52.4 Å². The monoisotopic (exact) mass is 487 g/mol. The molecular weight excluding hydrogens is 461 g/mol. The maximum Gasteiger partial charge on any atom is 0.191 e. The number of hydrogen-bond donors (Lipinski definition) is 2. The van der Waals surface area contributed by atoms with Crippen molar-refractivity contribution in [2.24, 2.45) is 4.99 Å². The topological polar surface area (TPSA) is 70.6 Å². The van der Waals surface area contributed by atoms with Crippen molar-refractivity contribution in [3.05, 3.63) is 64.7 Å². The number of nitrogens with one attached hydrogen (secondary N) is 2. The Bertz CT molecular complexity index is 863. The molecule has 2 aromatic carbocycles. The summed E-state index contributed by atoms with van der Waals surface area (Å²) >= 11 is 0. The lowest BCUT2D eigenvalue weighted by Crippen LogP contribution is -2.36. The third kappa shape index (κ3) is 6.60. The van der Waals surface area contributed by atoms with E-state index in [4.69, 9.17) is 0 Å². The van der Waals surface area contributed by atoms with Crippen molar-refractivity contribution >= 4 is 39.8 Å². The van der Waals surface area contributed by atoms with Crippen LogP contribution in [-0.2, 0) is 22.9 Å². The number of rotatable bonds is 5. The Balaban J connectivity index is 0.00000338. The van der Waals surface area contributed by atoms with Crippen LogP contribution in [0, 0.1) is 13.8 Å². The third-order valence-corrected chi connectivity index (χ3v) is 5.11. The molecule has 0 amide bonds. The van der Waals surface area contributed by atoms with Crippen LogP contribution in [0.25, 0.3) is 0 Å². The molecule has 0 spiro atoms. The number of aliphatic imine (C=N–C) groups is 1. The molecule has 0 atom stereocenters. The standard InChI is InChI=1S/C19H25N3O2S.HI/c1-14-5-8-17(15(2)11-14)13-22-19(20-3)21-12-16-6-9-18(10-7-16)25(4,23)24;/h5-11H,12-13H2,1-4H3,(H2,20,21,22);1H. The van der Waals surface area contributed by atoms with Gasteiger partial charge in [0.2, 0.25) is 0 Å². The van der Waals surface area contributed by atoms with Gasteiger partial charge in [0, 0.05) is 26.4 Å². The summed E-state index contributed by atoms with van der Waals surface area (Å²) in [6.07, 6.45) is 1.21. The highest BCUT2D eigenvalue weighted by Gasteiger charge is 2.06. The second kappa shape index (κ2) is 9.91. The lowest BCUT2D eigenvalue weighted by atomic mass is 10.1. The normalized spacial score (nSPS) is 11.6. The van der Waals surface area contributed by atoms with Crippen LogP contribution in [-0.4, -0.2) is 27.7 Å². The Hall–Kier alpha value is -1.61. The Morgan fingerprint density at radius 1 is 1.00 bits per heavy atom. The molecule has 0 heterocycles. The van der Waals surface area contributed by atoms with Gasteiger partial charge in [-0.05, 0) is 42.7 Å². The van der Waals surface area contributed by atoms with E-state index in [1.165, 1.54) is 22.9 Å². The summed E-state index contributed by atoms with van der Waals surface area (Å²) < 4.78 is 23.0. The van der Waals surface area contributed by atoms with Gasteiger partial charge in [0.15, 0.2) is 15.8 Å². The van der Waals surface area contributed by atoms with Gasteiger partial charge in [0.25, 0.3) is 0 Å². The first-order chi connectivity index (χ1) is 11.8. The van der Waals surface area contributed by atoms with Gasteiger partial charge in [-0.15, -0.1) is 24.0 Å². The largest absolute Gasteiger partial charge is 0.352 e. The molecule has 0 aliphatic heterocycles. The van der Waals surface area contributed by atoms with Crippen LogP contribution in [0.2, 0.25) is 0 Å². The van der Waals surface area contributed by atoms with Gasteiger partial charge in [0.1, 0.15) is 0 Å². The minimum atomic E-state index is -3.16. The Morgan fingerprint density at radius 3 is 2.15 bits per heavy atom. The Morgan fingerprint density at radius 2 is 1.62 bits per heavy atom. The number of halogens is 1. The van der Waals surface area contributed by atoms with E-state index in [0.717, 1.165) is 5.56 Å². The van der Waals surface area contributed by atoms with Crippen LogP contribution < -0.4 is 10.6 Å². The second-order valence-electron chi connectivity index (χ2n) is 6.13. The fourth-order valence-corrected chi connectivity index (χ4v) is 3.11. The lowest BCUT2D eigenvalue weighted by Gasteiger charge is -2.13. The minimum absolute atomic E-state index is 0. The summed E-state index contributed by atoms with van der Waals surface area (Å²) in [5.74, 6) is 0.701. The molecule has 142 valence electrons. The molecule has 0 aliphatic rings. The summed E-state index contributed by atoms with van der Waals surface area (Å²) in [7, 11) is -1.43. The average molecular weight is 487 g/mol. The van der Waals surface area contributed by atoms with E-state index in [1.54, 1.807) is 31.3 Å². The summed E-state index contributed by atoms with van der Waals surface area (Å²) in [5, 5.41) is 6.53. The van der Waals surface area contributed by atoms with Crippen molar-refractivity contribution in [3.63, 3.8) is 0 Å². The number of hydrogen-bond acceptors (Lipinski definition) is 3. The van der Waals surface area contributed by atoms with Gasteiger partial charge in [-0.1, -0.05) is 35.9 Å². The van der Waals surface area contributed by atoms with Crippen molar-refractivity contribution in [1.29, 1.82) is 0 Å². The van der Waals surface area contributed by atoms with Crippen molar-refractivity contribution in [1.82, 2.24) is 10.6 Å². The molecule has 7 heteroatoms. The van der Waals surface area contributed by atoms with E-state index in [1.807, 2.05) is 0 Å². The zero-order valence-corrected chi connectivity index (χ0v) is 18.7. The molecule has 0 radical (unpaired) electrons. The number of aryl methyl sites for hydroxylation is 2. The van der Waals surface area contributed by atoms with Gasteiger partial charge in [-0.2, -0.15) is 0 Å². The van der Waals surface area contributed by atoms with Crippen molar-refractivity contribution in [2.45, 2.75) is 31.8 Å². The molecule has 0 saturated carbocycles. The van der Waals surface area contributed by atoms with Crippen LogP contribution >= 0.6 is 24.0 Å². The molecule has 0 fully saturated rings. The van der Waals surface area contributed by atoms with Gasteiger partial charge < -0.3 is 10.6 Å². The smallest absolute Gasteiger partial charge is 0.191 e. The molecule has 2 N–H and O–H groups in total. The van der Waals surface area contributed by atoms with E-state index in [-0.39, 0.29) is 24.0 Å². The summed E-state index contributed by atoms with van der Waals surface area (Å²) in [6.45, 7) is 5.44. The fourth-order valence-electron chi connectivity index (χ4n) is 2.48. The molecule has 26 heavy (non-hydrogen) atoms. The zero-order chi connectivity index (χ0) is 18.4. The van der Waals surface area contributed by atoms with Crippen molar-refractivity contribution in [3.8, 4) is 0 Å². The predicted octanol–water partition coefficient (Wildman–Crippen LogP) is 3.19. The van der Waals surface area contributed by atoms with Crippen molar-refractivity contribution in [2.75, 3.05) is 13.3 Å². The van der Waals surface area contributed by atoms with Crippen molar-refractivity contribution < 1.29 is 8.42 Å². The summed E-state index contributed by atoms with van der Waals surface area (Å²) in [4.78, 5) is 4.55. The lowest BCUT2D eigenvalue weighted by molar-refractivity contribution is 0.602. The fraction of sp³-hybridized carbons (Fsp3) is 0.316. The summed E-state index contributed by atoms with van der Waals surface area (Å²) in [6, 6.07) is 13.2. The maximum atomic E-state index is 11.5. The van der Waals surface area contributed by atoms with Gasteiger partial charge in [0.05, 0.1) is 4.90 Å². The first-order valence-electron chi connectivity index (χ1n) is 8.09. The molecule has 2 aromatic rings. The third-order valence-electron chi connectivity index (χ3n) is 3.98. The SMILES string of the molecule is CN=C(NCc1ccc(S(C)(=O)=O)cc1)NCc1ccc(C)cc1C.I. The number of guanidine groups is 1. The molecule has 2 rings (SSSR count). The van der Waals surface area contributed by atoms with E-state index >= 15 is 0 Å². The second-order valence-corrected chi connectivity index (χ2v) is 8.14. The van der Waals surface area contributed by atoms with E-state index in [2.05, 4.69) is 47.7 Å². The van der Waals surface area contributed by atoms with Crippen LogP contribution in [0.3, 0.4) is 0 Å². The van der Waals surface area contributed by atoms with Crippen LogP contribution in [0.4, 0.5) is 0 Å². The Kier molecular flexibility index (Phi) is 8.55. The highest BCUT2D eigenvalue weighted by molar-refractivity contribution is 14.0. The predicted molar refractivity (Wildman–Crippen MR) is 118 cm³/mol. The van der Waals surface area contributed by atoms with E-state index in [9.17, 15) is 8.42 Å². The van der Waals surface area contributed by atoms with Gasteiger partial charge in [-0.3, -0.25) is 4.99 Å². The van der Waals surface area contributed by atoms with Crippen LogP contribution in [0.5, 0.6) is 0 Å². The average Bonchev–Trinajstić information content (AvgIpc) is 2.56. The van der Waals surface area contributed by atoms with E-state index in [0.29, 0.717) is 23.9 Å². The minimum Gasteiger partial charge on any atom is -0.352 e. The molecule has 0 saturated heterocycles.